The lowest BCUT2D eigenvalue weighted by Crippen LogP contribution is -2.39. The van der Waals surface area contributed by atoms with E-state index in [1.165, 1.54) is 44.9 Å². The van der Waals surface area contributed by atoms with Gasteiger partial charge in [0, 0.05) is 12.3 Å². The second-order valence-corrected chi connectivity index (χ2v) is 5.36. The van der Waals surface area contributed by atoms with Crippen LogP contribution in [0, 0.1) is 18.3 Å². The molecule has 0 bridgehead atoms. The third-order valence-corrected chi connectivity index (χ3v) is 3.84. The van der Waals surface area contributed by atoms with E-state index in [4.69, 9.17) is 11.2 Å². The van der Waals surface area contributed by atoms with E-state index in [9.17, 15) is 0 Å². The van der Waals surface area contributed by atoms with E-state index in [-0.39, 0.29) is 0 Å². The van der Waals surface area contributed by atoms with E-state index < -0.39 is 0 Å². The normalized spacial score (nSPS) is 22.2. The minimum Gasteiger partial charge on any atom is -0.377 e. The molecule has 0 N–H and O–H groups in total. The second kappa shape index (κ2) is 10.2. The van der Waals surface area contributed by atoms with Crippen LogP contribution in [0.1, 0.15) is 64.2 Å². The monoisotopic (exact) mass is 248 g/mol. The van der Waals surface area contributed by atoms with Gasteiger partial charge in [-0.05, 0) is 32.1 Å². The van der Waals surface area contributed by atoms with Crippen LogP contribution < -0.4 is 0 Å². The van der Waals surface area contributed by atoms with Crippen molar-refractivity contribution in [2.45, 2.75) is 70.3 Å². The molecular weight excluding hydrogens is 220 g/mol. The lowest BCUT2D eigenvalue weighted by atomic mass is 9.88. The molecule has 1 heterocycles. The molecule has 1 heteroatoms. The van der Waals surface area contributed by atoms with E-state index >= 15 is 0 Å². The second-order valence-electron chi connectivity index (χ2n) is 5.36. The molecule has 1 rings (SSSR count). The SMILES string of the molecule is C#CCCC[C@H]1OC[C@@H]1CCCCCCCC=C. The van der Waals surface area contributed by atoms with Crippen LogP contribution >= 0.6 is 0 Å². The Bertz CT molecular complexity index is 251. The van der Waals surface area contributed by atoms with Crippen molar-refractivity contribution < 1.29 is 4.74 Å². The van der Waals surface area contributed by atoms with Crippen LogP contribution in [-0.4, -0.2) is 12.7 Å². The van der Waals surface area contributed by atoms with Gasteiger partial charge in [0.05, 0.1) is 12.7 Å². The zero-order valence-corrected chi connectivity index (χ0v) is 11.7. The van der Waals surface area contributed by atoms with E-state index in [2.05, 4.69) is 12.5 Å². The highest BCUT2D eigenvalue weighted by Gasteiger charge is 2.30. The summed E-state index contributed by atoms with van der Waals surface area (Å²) in [6.07, 6.45) is 20.3. The minimum atomic E-state index is 0.513. The number of rotatable bonds is 11. The maximum Gasteiger partial charge on any atom is 0.0625 e. The van der Waals surface area contributed by atoms with Crippen LogP contribution in [0.25, 0.3) is 0 Å². The van der Waals surface area contributed by atoms with E-state index in [0.717, 1.165) is 31.8 Å². The summed E-state index contributed by atoms with van der Waals surface area (Å²) in [6.45, 7) is 4.73. The van der Waals surface area contributed by atoms with Crippen molar-refractivity contribution >= 4 is 0 Å². The predicted molar refractivity (Wildman–Crippen MR) is 78.4 cm³/mol. The molecule has 2 atom stereocenters. The molecular formula is C17H28O. The van der Waals surface area contributed by atoms with Gasteiger partial charge in [0.2, 0.25) is 0 Å². The summed E-state index contributed by atoms with van der Waals surface area (Å²) in [5.74, 6) is 3.52. The third-order valence-electron chi connectivity index (χ3n) is 3.84. The Labute approximate surface area is 113 Å². The number of ether oxygens (including phenoxy) is 1. The van der Waals surface area contributed by atoms with Crippen molar-refractivity contribution in [1.29, 1.82) is 0 Å². The van der Waals surface area contributed by atoms with Gasteiger partial charge in [-0.2, -0.15) is 0 Å². The van der Waals surface area contributed by atoms with Gasteiger partial charge < -0.3 is 4.74 Å². The van der Waals surface area contributed by atoms with Gasteiger partial charge in [-0.3, -0.25) is 0 Å². The number of unbranched alkanes of at least 4 members (excludes halogenated alkanes) is 6. The van der Waals surface area contributed by atoms with Crippen molar-refractivity contribution in [1.82, 2.24) is 0 Å². The van der Waals surface area contributed by atoms with Crippen molar-refractivity contribution in [2.24, 2.45) is 5.92 Å². The molecule has 18 heavy (non-hydrogen) atoms. The molecule has 0 aromatic heterocycles. The van der Waals surface area contributed by atoms with Crippen LogP contribution in [0.4, 0.5) is 0 Å². The molecule has 102 valence electrons. The smallest absolute Gasteiger partial charge is 0.0625 e. The molecule has 0 saturated carbocycles. The summed E-state index contributed by atoms with van der Waals surface area (Å²) in [5, 5.41) is 0. The molecule has 1 aliphatic heterocycles. The van der Waals surface area contributed by atoms with Crippen LogP contribution in [-0.2, 0) is 4.74 Å². The highest BCUT2D eigenvalue weighted by atomic mass is 16.5. The summed E-state index contributed by atoms with van der Waals surface area (Å²) in [5.41, 5.74) is 0. The van der Waals surface area contributed by atoms with Crippen LogP contribution in [0.3, 0.4) is 0 Å². The summed E-state index contributed by atoms with van der Waals surface area (Å²) in [7, 11) is 0. The van der Waals surface area contributed by atoms with Gasteiger partial charge in [-0.25, -0.2) is 0 Å². The van der Waals surface area contributed by atoms with E-state index in [0.29, 0.717) is 6.10 Å². The molecule has 0 aliphatic carbocycles. The van der Waals surface area contributed by atoms with Gasteiger partial charge in [-0.1, -0.05) is 31.8 Å². The summed E-state index contributed by atoms with van der Waals surface area (Å²) >= 11 is 0. The molecule has 1 saturated heterocycles. The van der Waals surface area contributed by atoms with Gasteiger partial charge >= 0.3 is 0 Å². The first-order chi connectivity index (χ1) is 8.88. The summed E-state index contributed by atoms with van der Waals surface area (Å²) in [4.78, 5) is 0. The number of terminal acetylenes is 1. The topological polar surface area (TPSA) is 9.23 Å². The molecule has 0 radical (unpaired) electrons. The number of allylic oxidation sites excluding steroid dienone is 1. The number of hydrogen-bond donors (Lipinski definition) is 0. The fraction of sp³-hybridized carbons (Fsp3) is 0.765. The molecule has 0 amide bonds. The average molecular weight is 248 g/mol. The lowest BCUT2D eigenvalue weighted by Gasteiger charge is -2.37. The Morgan fingerprint density at radius 2 is 1.89 bits per heavy atom. The third kappa shape index (κ3) is 6.26. The Kier molecular flexibility index (Phi) is 8.69. The molecule has 1 fully saturated rings. The molecule has 0 aromatic carbocycles. The van der Waals surface area contributed by atoms with Crippen molar-refractivity contribution in [3.05, 3.63) is 12.7 Å². The fourth-order valence-corrected chi connectivity index (χ4v) is 2.59. The fourth-order valence-electron chi connectivity index (χ4n) is 2.59. The maximum atomic E-state index is 5.62. The quantitative estimate of drug-likeness (QED) is 0.292. The van der Waals surface area contributed by atoms with Gasteiger partial charge in [-0.15, -0.1) is 18.9 Å². The van der Waals surface area contributed by atoms with Gasteiger partial charge in [0.15, 0.2) is 0 Å². The molecule has 0 aromatic rings. The zero-order valence-electron chi connectivity index (χ0n) is 11.7. The van der Waals surface area contributed by atoms with Crippen LogP contribution in [0.15, 0.2) is 12.7 Å². The highest BCUT2D eigenvalue weighted by Crippen LogP contribution is 2.29. The Morgan fingerprint density at radius 1 is 1.11 bits per heavy atom. The van der Waals surface area contributed by atoms with Crippen molar-refractivity contribution in [3.63, 3.8) is 0 Å². The van der Waals surface area contributed by atoms with Gasteiger partial charge in [0.1, 0.15) is 0 Å². The molecule has 1 aliphatic rings. The first-order valence-corrected chi connectivity index (χ1v) is 7.54. The van der Waals surface area contributed by atoms with Crippen LogP contribution in [0.2, 0.25) is 0 Å². The zero-order chi connectivity index (χ0) is 13.1. The average Bonchev–Trinajstić information content (AvgIpc) is 2.36. The Morgan fingerprint density at radius 3 is 2.56 bits per heavy atom. The minimum absolute atomic E-state index is 0.513. The Hall–Kier alpha value is -0.740. The lowest BCUT2D eigenvalue weighted by molar-refractivity contribution is -0.121. The first kappa shape index (κ1) is 15.3. The van der Waals surface area contributed by atoms with E-state index in [1.807, 2.05) is 6.08 Å². The van der Waals surface area contributed by atoms with Crippen molar-refractivity contribution in [3.8, 4) is 12.3 Å². The Balaban J connectivity index is 1.89. The predicted octanol–water partition coefficient (Wildman–Crippen LogP) is 4.72. The summed E-state index contributed by atoms with van der Waals surface area (Å²) < 4.78 is 5.62. The maximum absolute atomic E-state index is 5.62. The standard InChI is InChI=1S/C17H28O/c1-3-5-7-8-9-10-12-13-16-15-18-17(16)14-11-6-4-2/h2-3,16-17H,1,5-15H2/t16-,17+/m0/s1. The summed E-state index contributed by atoms with van der Waals surface area (Å²) in [6, 6.07) is 0. The molecule has 1 nitrogen and oxygen atoms in total. The van der Waals surface area contributed by atoms with Crippen LogP contribution in [0.5, 0.6) is 0 Å². The first-order valence-electron chi connectivity index (χ1n) is 7.54. The van der Waals surface area contributed by atoms with Gasteiger partial charge in [0.25, 0.3) is 0 Å². The molecule has 0 spiro atoms. The largest absolute Gasteiger partial charge is 0.377 e. The van der Waals surface area contributed by atoms with E-state index in [1.54, 1.807) is 0 Å². The van der Waals surface area contributed by atoms with Crippen molar-refractivity contribution in [2.75, 3.05) is 6.61 Å². The molecule has 0 unspecified atom stereocenters. The highest BCUT2D eigenvalue weighted by molar-refractivity contribution is 4.85. The number of hydrogen-bond acceptors (Lipinski definition) is 1.